The van der Waals surface area contributed by atoms with Gasteiger partial charge in [0.25, 0.3) is 0 Å². The molecule has 0 amide bonds. The molecular weight excluding hydrogens is 442 g/mol. The smallest absolute Gasteiger partial charge is 0.368 e. The van der Waals surface area contributed by atoms with E-state index < -0.39 is 31.9 Å². The average Bonchev–Trinajstić information content (AvgIpc) is 3.40. The number of nitrogens with zero attached hydrogens (tertiary/aromatic N) is 5. The number of fused-ring (bicyclic) bond motifs is 2. The number of aromatic nitrogens is 4. The number of anilines is 2. The highest BCUT2D eigenvalue weighted by atomic mass is 31.2. The summed E-state index contributed by atoms with van der Waals surface area (Å²) in [5.74, 6) is 0.702. The third kappa shape index (κ3) is 3.23. The Morgan fingerprint density at radius 1 is 1.28 bits per heavy atom. The first kappa shape index (κ1) is 20.7. The Balaban J connectivity index is 1.31. The molecule has 4 aliphatic rings. The van der Waals surface area contributed by atoms with Gasteiger partial charge in [-0.15, -0.1) is 0 Å². The minimum Gasteiger partial charge on any atom is -0.368 e. The standard InChI is InChI=1S/C19H26FN6O5P/c1-19(20)14-12(9-28-32(27,31-14)30-11-5-2-3-6-11)29-17(19)26-10-22-13-15(25-7-4-8-25)23-18(21)24-16(13)26/h10-12,14,17H,2-9H2,1H3,(H2,21,23,24)/t12-,14-,17-,19-,32?/m1/s1. The van der Waals surface area contributed by atoms with Crippen LogP contribution in [-0.2, 0) is 22.9 Å². The molecule has 2 N–H and O–H groups in total. The number of rotatable bonds is 4. The number of nitrogens with two attached hydrogens (primary N) is 1. The van der Waals surface area contributed by atoms with Crippen LogP contribution in [0.1, 0.15) is 45.3 Å². The first-order chi connectivity index (χ1) is 15.3. The van der Waals surface area contributed by atoms with Gasteiger partial charge in [-0.1, -0.05) is 12.8 Å². The first-order valence-corrected chi connectivity index (χ1v) is 12.5. The van der Waals surface area contributed by atoms with Crippen molar-refractivity contribution < 1.29 is 27.3 Å². The van der Waals surface area contributed by atoms with Crippen molar-refractivity contribution in [1.82, 2.24) is 19.5 Å². The van der Waals surface area contributed by atoms with Crippen LogP contribution in [0.2, 0.25) is 0 Å². The highest BCUT2D eigenvalue weighted by molar-refractivity contribution is 7.48. The number of hydrogen-bond acceptors (Lipinski definition) is 10. The lowest BCUT2D eigenvalue weighted by Crippen LogP contribution is -2.45. The van der Waals surface area contributed by atoms with Crippen LogP contribution in [0, 0.1) is 0 Å². The van der Waals surface area contributed by atoms with Gasteiger partial charge in [-0.25, -0.2) is 13.9 Å². The number of nitrogen functional groups attached to an aromatic ring is 1. The number of ether oxygens (including phenoxy) is 1. The second-order valence-corrected chi connectivity index (χ2v) is 10.6. The molecule has 1 saturated carbocycles. The van der Waals surface area contributed by atoms with Gasteiger partial charge in [-0.05, 0) is 26.2 Å². The molecule has 2 aromatic rings. The van der Waals surface area contributed by atoms with Gasteiger partial charge in [-0.3, -0.25) is 18.1 Å². The molecule has 6 rings (SSSR count). The van der Waals surface area contributed by atoms with Gasteiger partial charge in [0.15, 0.2) is 28.9 Å². The zero-order valence-corrected chi connectivity index (χ0v) is 18.6. The van der Waals surface area contributed by atoms with E-state index in [0.29, 0.717) is 17.0 Å². The highest BCUT2D eigenvalue weighted by Gasteiger charge is 2.62. The molecule has 0 bridgehead atoms. The van der Waals surface area contributed by atoms with E-state index in [9.17, 15) is 4.57 Å². The van der Waals surface area contributed by atoms with Gasteiger partial charge in [0.2, 0.25) is 5.95 Å². The normalized spacial score (nSPS) is 37.7. The summed E-state index contributed by atoms with van der Waals surface area (Å²) in [5.41, 5.74) is 4.80. The van der Waals surface area contributed by atoms with Crippen LogP contribution in [0.15, 0.2) is 6.33 Å². The van der Waals surface area contributed by atoms with Crippen molar-refractivity contribution >= 4 is 30.8 Å². The van der Waals surface area contributed by atoms with Gasteiger partial charge in [-0.2, -0.15) is 9.97 Å². The van der Waals surface area contributed by atoms with E-state index in [2.05, 4.69) is 19.9 Å². The Morgan fingerprint density at radius 2 is 2.06 bits per heavy atom. The van der Waals surface area contributed by atoms with E-state index >= 15 is 4.39 Å². The highest BCUT2D eigenvalue weighted by Crippen LogP contribution is 2.61. The Bertz CT molecular complexity index is 1090. The number of hydrogen-bond donors (Lipinski definition) is 1. The summed E-state index contributed by atoms with van der Waals surface area (Å²) in [5, 5.41) is 0. The van der Waals surface area contributed by atoms with Crippen molar-refractivity contribution in [3.63, 3.8) is 0 Å². The molecule has 1 aliphatic carbocycles. The van der Waals surface area contributed by atoms with Crippen molar-refractivity contribution in [2.75, 3.05) is 30.3 Å². The van der Waals surface area contributed by atoms with Crippen molar-refractivity contribution in [1.29, 1.82) is 0 Å². The molecule has 1 unspecified atom stereocenters. The number of phosphoric acid groups is 1. The summed E-state index contributed by atoms with van der Waals surface area (Å²) in [6, 6.07) is 0. The molecule has 0 aromatic carbocycles. The maximum Gasteiger partial charge on any atom is 0.475 e. The maximum absolute atomic E-state index is 16.2. The van der Waals surface area contributed by atoms with Crippen molar-refractivity contribution in [3.8, 4) is 0 Å². The van der Waals surface area contributed by atoms with Gasteiger partial charge < -0.3 is 15.4 Å². The molecule has 3 aliphatic heterocycles. The maximum atomic E-state index is 16.2. The Kier molecular flexibility index (Phi) is 4.75. The lowest BCUT2D eigenvalue weighted by molar-refractivity contribution is -0.0745. The summed E-state index contributed by atoms with van der Waals surface area (Å²) in [6.45, 7) is 2.98. The van der Waals surface area contributed by atoms with Gasteiger partial charge >= 0.3 is 7.82 Å². The van der Waals surface area contributed by atoms with Crippen LogP contribution in [0.4, 0.5) is 16.2 Å². The van der Waals surface area contributed by atoms with Crippen LogP contribution >= 0.6 is 7.82 Å². The SMILES string of the molecule is C[C@@]1(F)[C@@H]2OP(=O)(OC3CCCC3)OC[C@H]2O[C@H]1n1cnc2c(N3CCC3)nc(N)nc21. The quantitative estimate of drug-likeness (QED) is 0.669. The topological polar surface area (TPSA) is 127 Å². The van der Waals surface area contributed by atoms with Crippen LogP contribution < -0.4 is 10.6 Å². The third-order valence-electron chi connectivity index (χ3n) is 6.73. The molecule has 5 heterocycles. The van der Waals surface area contributed by atoms with Crippen molar-refractivity contribution in [3.05, 3.63) is 6.33 Å². The summed E-state index contributed by atoms with van der Waals surface area (Å²) in [7, 11) is -3.89. The van der Waals surface area contributed by atoms with Crippen LogP contribution in [0.3, 0.4) is 0 Å². The molecule has 0 radical (unpaired) electrons. The number of halogens is 1. The van der Waals surface area contributed by atoms with E-state index in [0.717, 1.165) is 45.2 Å². The molecule has 2 aromatic heterocycles. The first-order valence-electron chi connectivity index (χ1n) is 11.0. The number of phosphoric ester groups is 1. The van der Waals surface area contributed by atoms with Gasteiger partial charge in [0.1, 0.15) is 12.2 Å². The minimum atomic E-state index is -3.89. The fourth-order valence-electron chi connectivity index (χ4n) is 4.91. The largest absolute Gasteiger partial charge is 0.475 e. The molecule has 174 valence electrons. The monoisotopic (exact) mass is 468 g/mol. The van der Waals surface area contributed by atoms with E-state index in [-0.39, 0.29) is 18.7 Å². The van der Waals surface area contributed by atoms with E-state index in [1.165, 1.54) is 17.8 Å². The van der Waals surface area contributed by atoms with Crippen LogP contribution in [0.5, 0.6) is 0 Å². The Morgan fingerprint density at radius 3 is 2.78 bits per heavy atom. The fraction of sp³-hybridized carbons (Fsp3) is 0.737. The zero-order chi connectivity index (χ0) is 22.1. The zero-order valence-electron chi connectivity index (χ0n) is 17.7. The molecule has 13 heteroatoms. The molecule has 11 nitrogen and oxygen atoms in total. The van der Waals surface area contributed by atoms with Gasteiger partial charge in [0.05, 0.1) is 19.0 Å². The molecule has 3 saturated heterocycles. The predicted octanol–water partition coefficient (Wildman–Crippen LogP) is 2.73. The molecular formula is C19H26FN6O5P. The summed E-state index contributed by atoms with van der Waals surface area (Å²) < 4.78 is 53.4. The van der Waals surface area contributed by atoms with Crippen LogP contribution in [-0.4, -0.2) is 63.2 Å². The molecule has 32 heavy (non-hydrogen) atoms. The molecule has 5 atom stereocenters. The number of imidazole rings is 1. The molecule has 0 spiro atoms. The van der Waals surface area contributed by atoms with Crippen molar-refractivity contribution in [2.24, 2.45) is 0 Å². The lowest BCUT2D eigenvalue weighted by atomic mass is 9.98. The summed E-state index contributed by atoms with van der Waals surface area (Å²) >= 11 is 0. The summed E-state index contributed by atoms with van der Waals surface area (Å²) in [4.78, 5) is 15.1. The Hall–Kier alpha value is -1.85. The second kappa shape index (κ2) is 7.33. The fourth-order valence-corrected chi connectivity index (χ4v) is 6.61. The number of alkyl halides is 1. The van der Waals surface area contributed by atoms with E-state index in [1.54, 1.807) is 0 Å². The minimum absolute atomic E-state index is 0.0752. The van der Waals surface area contributed by atoms with E-state index in [4.69, 9.17) is 24.0 Å². The average molecular weight is 468 g/mol. The second-order valence-electron chi connectivity index (χ2n) is 9.03. The predicted molar refractivity (Wildman–Crippen MR) is 112 cm³/mol. The van der Waals surface area contributed by atoms with Crippen LogP contribution in [0.25, 0.3) is 11.2 Å². The molecule has 4 fully saturated rings. The van der Waals surface area contributed by atoms with E-state index in [1.807, 2.05) is 0 Å². The Labute approximate surface area is 184 Å². The third-order valence-corrected chi connectivity index (χ3v) is 8.24. The summed E-state index contributed by atoms with van der Waals surface area (Å²) in [6.07, 6.45) is 2.91. The van der Waals surface area contributed by atoms with Crippen molar-refractivity contribution in [2.45, 2.75) is 69.2 Å². The lowest BCUT2D eigenvalue weighted by Gasteiger charge is -2.34. The van der Waals surface area contributed by atoms with Gasteiger partial charge in [0, 0.05) is 13.1 Å².